The maximum atomic E-state index is 12.8. The fraction of sp³-hybridized carbons (Fsp3) is 0.417. The third kappa shape index (κ3) is 5.91. The number of hydrogen-bond acceptors (Lipinski definition) is 10. The number of benzene rings is 1. The van der Waals surface area contributed by atoms with Gasteiger partial charge in [0, 0.05) is 48.2 Å². The van der Waals surface area contributed by atoms with Crippen molar-refractivity contribution in [3.8, 4) is 17.2 Å². The number of thiazole rings is 1. The molecule has 2 N–H and O–H groups in total. The Bertz CT molecular complexity index is 1150. The van der Waals surface area contributed by atoms with E-state index in [2.05, 4.69) is 30.5 Å². The minimum absolute atomic E-state index is 0.0485. The van der Waals surface area contributed by atoms with Gasteiger partial charge in [-0.05, 0) is 25.8 Å². The zero-order valence-electron chi connectivity index (χ0n) is 20.3. The Morgan fingerprint density at radius 2 is 1.94 bits per heavy atom. The highest BCUT2D eigenvalue weighted by atomic mass is 32.1. The first-order chi connectivity index (χ1) is 17.0. The number of piperidine rings is 1. The molecule has 0 saturated carbocycles. The first-order valence-electron chi connectivity index (χ1n) is 11.3. The molecule has 1 aliphatic rings. The monoisotopic (exact) mass is 498 g/mol. The Morgan fingerprint density at radius 3 is 2.60 bits per heavy atom. The van der Waals surface area contributed by atoms with Crippen molar-refractivity contribution in [3.63, 3.8) is 0 Å². The Kier molecular flexibility index (Phi) is 7.86. The van der Waals surface area contributed by atoms with Crippen LogP contribution in [0.5, 0.6) is 17.2 Å². The van der Waals surface area contributed by atoms with Crippen LogP contribution in [0.3, 0.4) is 0 Å². The van der Waals surface area contributed by atoms with Gasteiger partial charge in [-0.15, -0.1) is 11.3 Å². The summed E-state index contributed by atoms with van der Waals surface area (Å²) in [5.41, 5.74) is 1.67. The second kappa shape index (κ2) is 11.2. The molecule has 3 aromatic rings. The Hall–Kier alpha value is -3.60. The molecule has 3 heterocycles. The topological polar surface area (TPSA) is 111 Å². The fourth-order valence-corrected chi connectivity index (χ4v) is 4.77. The molecule has 0 unspecified atom stereocenters. The maximum absolute atomic E-state index is 12.8. The molecule has 35 heavy (non-hydrogen) atoms. The summed E-state index contributed by atoms with van der Waals surface area (Å²) in [5.74, 6) is 2.72. The molecule has 0 aliphatic carbocycles. The molecule has 0 radical (unpaired) electrons. The predicted molar refractivity (Wildman–Crippen MR) is 135 cm³/mol. The van der Waals surface area contributed by atoms with Crippen LogP contribution in [0.4, 0.5) is 17.5 Å². The van der Waals surface area contributed by atoms with Gasteiger partial charge in [0.2, 0.25) is 17.6 Å². The van der Waals surface area contributed by atoms with Crippen LogP contribution < -0.4 is 29.7 Å². The number of amides is 1. The van der Waals surface area contributed by atoms with Crippen molar-refractivity contribution in [2.75, 3.05) is 44.6 Å². The summed E-state index contributed by atoms with van der Waals surface area (Å²) in [4.78, 5) is 28.4. The van der Waals surface area contributed by atoms with Crippen LogP contribution in [0.2, 0.25) is 0 Å². The minimum atomic E-state index is -0.105. The average Bonchev–Trinajstić information content (AvgIpc) is 3.31. The van der Waals surface area contributed by atoms with Gasteiger partial charge < -0.3 is 29.7 Å². The normalized spacial score (nSPS) is 15.4. The number of anilines is 3. The lowest BCUT2D eigenvalue weighted by molar-refractivity contribution is -0.125. The molecule has 0 bridgehead atoms. The number of nitrogens with zero attached hydrogens (tertiary/aromatic N) is 4. The fourth-order valence-electron chi connectivity index (χ4n) is 4.06. The lowest BCUT2D eigenvalue weighted by Gasteiger charge is -2.32. The second-order valence-corrected chi connectivity index (χ2v) is 9.11. The van der Waals surface area contributed by atoms with Crippen molar-refractivity contribution >= 4 is 34.7 Å². The number of ether oxygens (including phenoxy) is 3. The van der Waals surface area contributed by atoms with Gasteiger partial charge in [-0.25, -0.2) is 9.97 Å². The number of aromatic nitrogens is 3. The van der Waals surface area contributed by atoms with Crippen LogP contribution in [0.15, 0.2) is 29.8 Å². The van der Waals surface area contributed by atoms with E-state index in [0.29, 0.717) is 42.0 Å². The smallest absolute Gasteiger partial charge is 0.229 e. The minimum Gasteiger partial charge on any atom is -0.493 e. The second-order valence-electron chi connectivity index (χ2n) is 8.16. The van der Waals surface area contributed by atoms with Crippen molar-refractivity contribution in [2.24, 2.45) is 5.92 Å². The Balaban J connectivity index is 1.43. The van der Waals surface area contributed by atoms with Crippen molar-refractivity contribution in [3.05, 3.63) is 40.5 Å². The van der Waals surface area contributed by atoms with Crippen molar-refractivity contribution < 1.29 is 19.0 Å². The Labute approximate surface area is 208 Å². The van der Waals surface area contributed by atoms with Gasteiger partial charge in [0.25, 0.3) is 0 Å². The molecule has 1 amide bonds. The number of aryl methyl sites for hydroxylation is 1. The van der Waals surface area contributed by atoms with E-state index in [1.807, 2.05) is 18.4 Å². The Morgan fingerprint density at radius 1 is 1.17 bits per heavy atom. The van der Waals surface area contributed by atoms with Gasteiger partial charge in [0.1, 0.15) is 10.8 Å². The van der Waals surface area contributed by atoms with Crippen LogP contribution in [0.1, 0.15) is 23.5 Å². The number of carbonyl (C=O) groups is 1. The summed E-state index contributed by atoms with van der Waals surface area (Å²) < 4.78 is 16.2. The number of carbonyl (C=O) groups excluding carboxylic acids is 1. The third-order valence-corrected chi connectivity index (χ3v) is 6.73. The molecular formula is C24H30N6O4S. The number of methoxy groups -OCH3 is 3. The van der Waals surface area contributed by atoms with Crippen molar-refractivity contribution in [1.29, 1.82) is 0 Å². The highest BCUT2D eigenvalue weighted by Gasteiger charge is 2.27. The van der Waals surface area contributed by atoms with Crippen LogP contribution >= 0.6 is 11.3 Å². The molecule has 1 aliphatic heterocycles. The SMILES string of the molecule is COc1cc(Nc2nccc(N3CCC[C@H](C(=O)NCc4nc(C)cs4)C3)n2)cc(OC)c1OC. The average molecular weight is 499 g/mol. The van der Waals surface area contributed by atoms with Gasteiger partial charge in [-0.3, -0.25) is 4.79 Å². The van der Waals surface area contributed by atoms with E-state index in [4.69, 9.17) is 14.2 Å². The quantitative estimate of drug-likeness (QED) is 0.458. The molecule has 0 spiro atoms. The standard InChI is InChI=1S/C24H30N6O4S/c1-15-14-35-21(27-15)12-26-23(31)16-6-5-9-30(13-16)20-7-8-25-24(29-20)28-17-10-18(32-2)22(34-4)19(11-17)33-3/h7-8,10-11,14,16H,5-6,9,12-13H2,1-4H3,(H,26,31)(H,25,28,29)/t16-/m0/s1. The molecule has 1 saturated heterocycles. The molecule has 11 heteroatoms. The van der Waals surface area contributed by atoms with E-state index in [9.17, 15) is 4.79 Å². The first-order valence-corrected chi connectivity index (χ1v) is 12.2. The summed E-state index contributed by atoms with van der Waals surface area (Å²) in [6.07, 6.45) is 3.46. The third-order valence-electron chi connectivity index (χ3n) is 5.76. The molecule has 10 nitrogen and oxygen atoms in total. The largest absolute Gasteiger partial charge is 0.493 e. The lowest BCUT2D eigenvalue weighted by Crippen LogP contribution is -2.43. The molecule has 2 aromatic heterocycles. The zero-order chi connectivity index (χ0) is 24.8. The number of rotatable bonds is 9. The van der Waals surface area contributed by atoms with E-state index in [1.54, 1.807) is 51.0 Å². The molecular weight excluding hydrogens is 468 g/mol. The molecule has 4 rings (SSSR count). The summed E-state index contributed by atoms with van der Waals surface area (Å²) in [7, 11) is 4.70. The van der Waals surface area contributed by atoms with Crippen LogP contribution in [0, 0.1) is 12.8 Å². The van der Waals surface area contributed by atoms with Crippen molar-refractivity contribution in [1.82, 2.24) is 20.3 Å². The summed E-state index contributed by atoms with van der Waals surface area (Å²) >= 11 is 1.56. The van der Waals surface area contributed by atoms with Crippen LogP contribution in [-0.4, -0.2) is 55.3 Å². The highest BCUT2D eigenvalue weighted by molar-refractivity contribution is 7.09. The molecule has 1 fully saturated rings. The first kappa shape index (κ1) is 24.5. The van der Waals surface area contributed by atoms with Gasteiger partial charge in [-0.1, -0.05) is 0 Å². The molecule has 186 valence electrons. The summed E-state index contributed by atoms with van der Waals surface area (Å²) in [5, 5.41) is 9.15. The molecule has 1 atom stereocenters. The maximum Gasteiger partial charge on any atom is 0.229 e. The highest BCUT2D eigenvalue weighted by Crippen LogP contribution is 2.40. The van der Waals surface area contributed by atoms with E-state index in [-0.39, 0.29) is 11.8 Å². The zero-order valence-corrected chi connectivity index (χ0v) is 21.1. The van der Waals surface area contributed by atoms with Gasteiger partial charge >= 0.3 is 0 Å². The predicted octanol–water partition coefficient (Wildman–Crippen LogP) is 3.54. The van der Waals surface area contributed by atoms with E-state index in [0.717, 1.165) is 35.9 Å². The van der Waals surface area contributed by atoms with Crippen molar-refractivity contribution in [2.45, 2.75) is 26.3 Å². The van der Waals surface area contributed by atoms with Gasteiger partial charge in [0.15, 0.2) is 11.5 Å². The van der Waals surface area contributed by atoms with Gasteiger partial charge in [-0.2, -0.15) is 4.98 Å². The summed E-state index contributed by atoms with van der Waals surface area (Å²) in [6, 6.07) is 5.45. The van der Waals surface area contributed by atoms with Crippen LogP contribution in [-0.2, 0) is 11.3 Å². The number of nitrogens with one attached hydrogen (secondary N) is 2. The van der Waals surface area contributed by atoms with Crippen LogP contribution in [0.25, 0.3) is 0 Å². The van der Waals surface area contributed by atoms with E-state index >= 15 is 0 Å². The van der Waals surface area contributed by atoms with E-state index < -0.39 is 0 Å². The van der Waals surface area contributed by atoms with E-state index in [1.165, 1.54) is 0 Å². The molecule has 1 aromatic carbocycles. The summed E-state index contributed by atoms with van der Waals surface area (Å²) in [6.45, 7) is 3.84. The lowest BCUT2D eigenvalue weighted by atomic mass is 9.97. The van der Waals surface area contributed by atoms with Gasteiger partial charge in [0.05, 0.1) is 33.8 Å². The number of hydrogen-bond donors (Lipinski definition) is 2.